The molecule has 1 amide bonds. The minimum absolute atomic E-state index is 0.238. The molecule has 0 rings (SSSR count). The van der Waals surface area contributed by atoms with Gasteiger partial charge in [-0.3, -0.25) is 9.59 Å². The Balaban J connectivity index is 3.39. The van der Waals surface area contributed by atoms with Crippen molar-refractivity contribution in [3.63, 3.8) is 0 Å². The Morgan fingerprint density at radius 3 is 2.55 bits per heavy atom. The van der Waals surface area contributed by atoms with Crippen molar-refractivity contribution in [1.29, 1.82) is 0 Å². The van der Waals surface area contributed by atoms with E-state index >= 15 is 0 Å². The largest absolute Gasteiger partial charge is 0.480 e. The van der Waals surface area contributed by atoms with Gasteiger partial charge in [0.05, 0.1) is 5.25 Å². The first kappa shape index (κ1) is 10.3. The molecule has 0 aliphatic carbocycles. The summed E-state index contributed by atoms with van der Waals surface area (Å²) in [7, 11) is 0. The van der Waals surface area contributed by atoms with Gasteiger partial charge in [-0.15, -0.1) is 11.8 Å². The molecule has 0 spiro atoms. The van der Waals surface area contributed by atoms with E-state index in [-0.39, 0.29) is 6.42 Å². The van der Waals surface area contributed by atoms with Gasteiger partial charge < -0.3 is 10.8 Å². The molecule has 0 fully saturated rings. The third-order valence-corrected chi connectivity index (χ3v) is 2.21. The average molecular weight is 177 g/mol. The zero-order valence-electron chi connectivity index (χ0n) is 6.24. The zero-order chi connectivity index (χ0) is 8.85. The molecule has 0 saturated heterocycles. The highest BCUT2D eigenvalue weighted by atomic mass is 32.2. The maximum atomic E-state index is 10.2. The summed E-state index contributed by atoms with van der Waals surface area (Å²) in [5.74, 6) is -0.780. The van der Waals surface area contributed by atoms with Gasteiger partial charge in [0.15, 0.2) is 0 Å². The van der Waals surface area contributed by atoms with Crippen LogP contribution in [-0.4, -0.2) is 28.0 Å². The van der Waals surface area contributed by atoms with E-state index in [0.29, 0.717) is 5.75 Å². The van der Waals surface area contributed by atoms with E-state index in [1.807, 2.05) is 0 Å². The highest BCUT2D eigenvalue weighted by Crippen LogP contribution is 2.10. The average Bonchev–Trinajstić information content (AvgIpc) is 1.86. The van der Waals surface area contributed by atoms with Crippen molar-refractivity contribution in [3.8, 4) is 0 Å². The van der Waals surface area contributed by atoms with Crippen LogP contribution in [0.1, 0.15) is 13.3 Å². The number of hydrogen-bond donors (Lipinski definition) is 2. The van der Waals surface area contributed by atoms with E-state index in [0.717, 1.165) is 0 Å². The van der Waals surface area contributed by atoms with Gasteiger partial charge in [0.2, 0.25) is 5.91 Å². The van der Waals surface area contributed by atoms with Gasteiger partial charge in [-0.2, -0.15) is 0 Å². The zero-order valence-corrected chi connectivity index (χ0v) is 7.06. The molecule has 4 nitrogen and oxygen atoms in total. The second-order valence-electron chi connectivity index (χ2n) is 2.07. The van der Waals surface area contributed by atoms with Crippen LogP contribution in [0.4, 0.5) is 0 Å². The number of rotatable bonds is 5. The molecule has 1 atom stereocenters. The monoisotopic (exact) mass is 177 g/mol. The third kappa shape index (κ3) is 5.72. The number of carbonyl (C=O) groups excluding carboxylic acids is 1. The predicted molar refractivity (Wildman–Crippen MR) is 43.4 cm³/mol. The second-order valence-corrected chi connectivity index (χ2v) is 3.52. The Kier molecular flexibility index (Phi) is 4.69. The number of amides is 1. The molecular weight excluding hydrogens is 166 g/mol. The summed E-state index contributed by atoms with van der Waals surface area (Å²) in [5, 5.41) is 7.95. The minimum Gasteiger partial charge on any atom is -0.480 e. The molecule has 1 unspecified atom stereocenters. The molecule has 11 heavy (non-hydrogen) atoms. The molecule has 5 heteroatoms. The van der Waals surface area contributed by atoms with Crippen molar-refractivity contribution in [2.24, 2.45) is 5.73 Å². The van der Waals surface area contributed by atoms with Crippen LogP contribution in [0.15, 0.2) is 0 Å². The highest BCUT2D eigenvalue weighted by molar-refractivity contribution is 8.00. The fourth-order valence-corrected chi connectivity index (χ4v) is 1.22. The van der Waals surface area contributed by atoms with E-state index in [1.54, 1.807) is 6.92 Å². The van der Waals surface area contributed by atoms with E-state index in [4.69, 9.17) is 10.8 Å². The van der Waals surface area contributed by atoms with Gasteiger partial charge in [0.25, 0.3) is 0 Å². The highest BCUT2D eigenvalue weighted by Gasteiger charge is 2.10. The van der Waals surface area contributed by atoms with Crippen LogP contribution in [0.5, 0.6) is 0 Å². The van der Waals surface area contributed by atoms with Crippen LogP contribution >= 0.6 is 11.8 Å². The lowest BCUT2D eigenvalue weighted by molar-refractivity contribution is -0.136. The molecule has 0 aliphatic heterocycles. The normalized spacial score (nSPS) is 12.5. The number of aliphatic carboxylic acids is 1. The van der Waals surface area contributed by atoms with Crippen molar-refractivity contribution in [1.82, 2.24) is 0 Å². The van der Waals surface area contributed by atoms with Crippen LogP contribution in [-0.2, 0) is 9.59 Å². The molecular formula is C6H11NO3S. The van der Waals surface area contributed by atoms with Crippen LogP contribution in [0.25, 0.3) is 0 Å². The summed E-state index contributed by atoms with van der Waals surface area (Å²) in [6.45, 7) is 1.58. The minimum atomic E-state index is -0.862. The molecule has 0 bridgehead atoms. The molecule has 0 aromatic rings. The van der Waals surface area contributed by atoms with Crippen LogP contribution in [0.2, 0.25) is 0 Å². The fraction of sp³-hybridized carbons (Fsp3) is 0.667. The van der Waals surface area contributed by atoms with E-state index in [2.05, 4.69) is 0 Å². The van der Waals surface area contributed by atoms with Gasteiger partial charge >= 0.3 is 5.97 Å². The molecule has 0 radical (unpaired) electrons. The van der Waals surface area contributed by atoms with Crippen molar-refractivity contribution < 1.29 is 14.7 Å². The van der Waals surface area contributed by atoms with Gasteiger partial charge in [-0.05, 0) is 6.92 Å². The molecule has 3 N–H and O–H groups in total. The topological polar surface area (TPSA) is 80.4 Å². The second kappa shape index (κ2) is 5.01. The summed E-state index contributed by atoms with van der Waals surface area (Å²) >= 11 is 1.21. The Morgan fingerprint density at radius 1 is 1.64 bits per heavy atom. The smallest absolute Gasteiger partial charge is 0.316 e. The summed E-state index contributed by atoms with van der Waals surface area (Å²) in [6, 6.07) is 0. The third-order valence-electron chi connectivity index (χ3n) is 1.06. The summed E-state index contributed by atoms with van der Waals surface area (Å²) in [6.07, 6.45) is 0.238. The molecule has 64 valence electrons. The van der Waals surface area contributed by atoms with Crippen molar-refractivity contribution in [3.05, 3.63) is 0 Å². The van der Waals surface area contributed by atoms with Gasteiger partial charge in [0.1, 0.15) is 0 Å². The first-order valence-electron chi connectivity index (χ1n) is 3.16. The summed E-state index contributed by atoms with van der Waals surface area (Å²) in [5.41, 5.74) is 4.86. The Labute approximate surface area is 69.1 Å². The van der Waals surface area contributed by atoms with Crippen LogP contribution in [0, 0.1) is 0 Å². The molecule has 0 aromatic heterocycles. The number of carbonyl (C=O) groups is 2. The first-order valence-corrected chi connectivity index (χ1v) is 4.21. The first-order chi connectivity index (χ1) is 5.04. The number of nitrogens with two attached hydrogens (primary N) is 1. The molecule has 0 aliphatic rings. The number of hydrogen-bond acceptors (Lipinski definition) is 3. The number of primary amides is 1. The van der Waals surface area contributed by atoms with Gasteiger partial charge in [-0.25, -0.2) is 0 Å². The Bertz CT molecular complexity index is 160. The number of thioether (sulfide) groups is 1. The maximum Gasteiger partial charge on any atom is 0.316 e. The summed E-state index contributed by atoms with van der Waals surface area (Å²) < 4.78 is 0. The van der Waals surface area contributed by atoms with Gasteiger partial charge in [-0.1, -0.05) is 0 Å². The Hall–Kier alpha value is -0.710. The van der Waals surface area contributed by atoms with E-state index < -0.39 is 17.1 Å². The van der Waals surface area contributed by atoms with Crippen molar-refractivity contribution in [2.45, 2.75) is 18.6 Å². The van der Waals surface area contributed by atoms with E-state index in [1.165, 1.54) is 11.8 Å². The van der Waals surface area contributed by atoms with Crippen LogP contribution < -0.4 is 5.73 Å². The Morgan fingerprint density at radius 2 is 2.18 bits per heavy atom. The standard InChI is InChI=1S/C6H11NO3S/c1-4(6(9)10)11-3-2-5(7)8/h4H,2-3H2,1H3,(H2,7,8)(H,9,10). The van der Waals surface area contributed by atoms with Crippen LogP contribution in [0.3, 0.4) is 0 Å². The molecule has 0 saturated carbocycles. The summed E-state index contributed by atoms with van der Waals surface area (Å²) in [4.78, 5) is 20.5. The van der Waals surface area contributed by atoms with Crippen molar-refractivity contribution in [2.75, 3.05) is 5.75 Å². The van der Waals surface area contributed by atoms with Crippen molar-refractivity contribution >= 4 is 23.6 Å². The number of carboxylic acids is 1. The van der Waals surface area contributed by atoms with Gasteiger partial charge in [0, 0.05) is 12.2 Å². The lowest BCUT2D eigenvalue weighted by Crippen LogP contribution is -2.15. The lowest BCUT2D eigenvalue weighted by atomic mass is 10.5. The number of carboxylic acid groups (broad SMARTS) is 1. The predicted octanol–water partition coefficient (Wildman–Crippen LogP) is 0.0681. The molecule has 0 heterocycles. The van der Waals surface area contributed by atoms with E-state index in [9.17, 15) is 9.59 Å². The molecule has 0 aromatic carbocycles. The SMILES string of the molecule is CC(SCCC(N)=O)C(=O)O. The quantitative estimate of drug-likeness (QED) is 0.622. The lowest BCUT2D eigenvalue weighted by Gasteiger charge is -2.03. The fourth-order valence-electron chi connectivity index (χ4n) is 0.408. The maximum absolute atomic E-state index is 10.2.